The number of rotatable bonds is 7. The standard InChI is InChI=1S/C25H25N3O2S2/c1-16(2)11-12-30-21-10-9-18(13-17(21)3)23-19(14-22-24(29)26-25(31)32-22)15-28(27-23)20-7-5-4-6-8-20/h4-10,13-16H,11-12H2,1-3H3,(H,26,29,31)/b22-14-. The van der Waals surface area contributed by atoms with Crippen LogP contribution in [0, 0.1) is 12.8 Å². The van der Waals surface area contributed by atoms with E-state index >= 15 is 0 Å². The largest absolute Gasteiger partial charge is 0.493 e. The number of nitrogens with zero attached hydrogens (tertiary/aromatic N) is 2. The number of benzene rings is 2. The first-order chi connectivity index (χ1) is 15.4. The van der Waals surface area contributed by atoms with Crippen molar-refractivity contribution < 1.29 is 9.53 Å². The predicted octanol–water partition coefficient (Wildman–Crippen LogP) is 5.76. The summed E-state index contributed by atoms with van der Waals surface area (Å²) in [7, 11) is 0. The van der Waals surface area contributed by atoms with Gasteiger partial charge in [-0.05, 0) is 61.2 Å². The third kappa shape index (κ3) is 5.11. The zero-order valence-electron chi connectivity index (χ0n) is 18.3. The molecule has 7 heteroatoms. The van der Waals surface area contributed by atoms with Gasteiger partial charge in [-0.3, -0.25) is 4.79 Å². The summed E-state index contributed by atoms with van der Waals surface area (Å²) in [5.74, 6) is 1.31. The van der Waals surface area contributed by atoms with Gasteiger partial charge in [0.15, 0.2) is 0 Å². The minimum Gasteiger partial charge on any atom is -0.493 e. The minimum absolute atomic E-state index is 0.177. The molecule has 1 saturated heterocycles. The molecule has 2 aromatic carbocycles. The average Bonchev–Trinajstić information content (AvgIpc) is 3.32. The van der Waals surface area contributed by atoms with Crippen molar-refractivity contribution in [1.29, 1.82) is 0 Å². The molecule has 0 atom stereocenters. The first-order valence-electron chi connectivity index (χ1n) is 10.5. The molecule has 2 heterocycles. The monoisotopic (exact) mass is 463 g/mol. The number of carbonyl (C=O) groups is 1. The van der Waals surface area contributed by atoms with Crippen molar-refractivity contribution in [3.63, 3.8) is 0 Å². The van der Waals surface area contributed by atoms with Crippen LogP contribution in [-0.4, -0.2) is 26.6 Å². The zero-order valence-corrected chi connectivity index (χ0v) is 19.9. The van der Waals surface area contributed by atoms with Crippen LogP contribution in [0.4, 0.5) is 0 Å². The lowest BCUT2D eigenvalue weighted by atomic mass is 10.0. The summed E-state index contributed by atoms with van der Waals surface area (Å²) in [5, 5.41) is 7.52. The Bertz CT molecular complexity index is 1180. The van der Waals surface area contributed by atoms with Crippen molar-refractivity contribution in [2.45, 2.75) is 27.2 Å². The predicted molar refractivity (Wildman–Crippen MR) is 135 cm³/mol. The average molecular weight is 464 g/mol. The van der Waals surface area contributed by atoms with E-state index in [0.717, 1.165) is 40.2 Å². The van der Waals surface area contributed by atoms with Crippen molar-refractivity contribution in [2.75, 3.05) is 6.61 Å². The maximum Gasteiger partial charge on any atom is 0.263 e. The van der Waals surface area contributed by atoms with Gasteiger partial charge in [0.25, 0.3) is 5.91 Å². The number of carbonyl (C=O) groups excluding carboxylic acids is 1. The number of amides is 1. The van der Waals surface area contributed by atoms with E-state index in [9.17, 15) is 4.79 Å². The highest BCUT2D eigenvalue weighted by Crippen LogP contribution is 2.32. The molecule has 164 valence electrons. The molecular formula is C25H25N3O2S2. The van der Waals surface area contributed by atoms with Crippen LogP contribution >= 0.6 is 24.0 Å². The maximum absolute atomic E-state index is 12.2. The molecule has 0 bridgehead atoms. The lowest BCUT2D eigenvalue weighted by Crippen LogP contribution is -2.17. The third-order valence-electron chi connectivity index (χ3n) is 5.09. The molecule has 1 fully saturated rings. The topological polar surface area (TPSA) is 56.2 Å². The highest BCUT2D eigenvalue weighted by molar-refractivity contribution is 8.26. The highest BCUT2D eigenvalue weighted by atomic mass is 32.2. The first-order valence-corrected chi connectivity index (χ1v) is 11.8. The van der Waals surface area contributed by atoms with Gasteiger partial charge in [0.1, 0.15) is 15.8 Å². The van der Waals surface area contributed by atoms with Crippen LogP contribution in [0.15, 0.2) is 59.6 Å². The van der Waals surface area contributed by atoms with Crippen LogP contribution < -0.4 is 10.1 Å². The summed E-state index contributed by atoms with van der Waals surface area (Å²) in [6.07, 6.45) is 4.81. The minimum atomic E-state index is -0.177. The summed E-state index contributed by atoms with van der Waals surface area (Å²) < 4.78 is 8.27. The molecule has 5 nitrogen and oxygen atoms in total. The summed E-state index contributed by atoms with van der Waals surface area (Å²) in [6.45, 7) is 7.12. The maximum atomic E-state index is 12.2. The van der Waals surface area contributed by atoms with Crippen molar-refractivity contribution in [2.24, 2.45) is 5.92 Å². The van der Waals surface area contributed by atoms with E-state index in [0.29, 0.717) is 21.8 Å². The fourth-order valence-electron chi connectivity index (χ4n) is 3.36. The molecule has 0 spiro atoms. The quantitative estimate of drug-likeness (QED) is 0.357. The van der Waals surface area contributed by atoms with Crippen molar-refractivity contribution in [3.8, 4) is 22.7 Å². The molecule has 0 radical (unpaired) electrons. The van der Waals surface area contributed by atoms with E-state index in [2.05, 4.69) is 25.2 Å². The van der Waals surface area contributed by atoms with E-state index in [1.165, 1.54) is 11.8 Å². The summed E-state index contributed by atoms with van der Waals surface area (Å²) in [5.41, 5.74) is 4.61. The van der Waals surface area contributed by atoms with E-state index in [4.69, 9.17) is 22.1 Å². The van der Waals surface area contributed by atoms with E-state index in [-0.39, 0.29) is 5.91 Å². The lowest BCUT2D eigenvalue weighted by molar-refractivity contribution is -0.115. The Morgan fingerprint density at radius 3 is 2.66 bits per heavy atom. The van der Waals surface area contributed by atoms with Crippen LogP contribution in [0.1, 0.15) is 31.4 Å². The number of ether oxygens (including phenoxy) is 1. The number of hydrogen-bond donors (Lipinski definition) is 1. The fourth-order valence-corrected chi connectivity index (χ4v) is 4.39. The lowest BCUT2D eigenvalue weighted by Gasteiger charge is -2.11. The fraction of sp³-hybridized carbons (Fsp3) is 0.240. The van der Waals surface area contributed by atoms with Crippen molar-refractivity contribution in [3.05, 3.63) is 70.8 Å². The summed E-state index contributed by atoms with van der Waals surface area (Å²) in [6, 6.07) is 16.0. The Morgan fingerprint density at radius 1 is 1.22 bits per heavy atom. The number of nitrogens with one attached hydrogen (secondary N) is 1. The zero-order chi connectivity index (χ0) is 22.7. The number of thiocarbonyl (C=S) groups is 1. The molecule has 1 aliphatic heterocycles. The molecule has 1 N–H and O–H groups in total. The normalized spacial score (nSPS) is 14.9. The second kappa shape index (κ2) is 9.71. The molecule has 0 unspecified atom stereocenters. The van der Waals surface area contributed by atoms with Crippen LogP contribution in [0.2, 0.25) is 0 Å². The van der Waals surface area contributed by atoms with Crippen LogP contribution in [-0.2, 0) is 4.79 Å². The van der Waals surface area contributed by atoms with Gasteiger partial charge in [-0.2, -0.15) is 5.10 Å². The Hall–Kier alpha value is -2.90. The molecule has 1 amide bonds. The van der Waals surface area contributed by atoms with E-state index < -0.39 is 0 Å². The number of aromatic nitrogens is 2. The molecule has 3 aromatic rings. The Kier molecular flexibility index (Phi) is 6.77. The van der Waals surface area contributed by atoms with Crippen LogP contribution in [0.3, 0.4) is 0 Å². The van der Waals surface area contributed by atoms with E-state index in [1.54, 1.807) is 0 Å². The Morgan fingerprint density at radius 2 is 2.00 bits per heavy atom. The number of thioether (sulfide) groups is 1. The van der Waals surface area contributed by atoms with Gasteiger partial charge in [-0.1, -0.05) is 56.0 Å². The molecule has 32 heavy (non-hydrogen) atoms. The molecule has 1 aliphatic rings. The van der Waals surface area contributed by atoms with Crippen molar-refractivity contribution >= 4 is 40.3 Å². The second-order valence-electron chi connectivity index (χ2n) is 8.08. The summed E-state index contributed by atoms with van der Waals surface area (Å²) >= 11 is 6.40. The molecule has 0 saturated carbocycles. The SMILES string of the molecule is Cc1cc(-c2nn(-c3ccccc3)cc2/C=C2\SC(=S)NC2=O)ccc1OCCC(C)C. The van der Waals surface area contributed by atoms with Gasteiger partial charge in [0.05, 0.1) is 17.2 Å². The van der Waals surface area contributed by atoms with Gasteiger partial charge in [-0.25, -0.2) is 4.68 Å². The molecular weight excluding hydrogens is 438 g/mol. The number of aryl methyl sites for hydroxylation is 1. The van der Waals surface area contributed by atoms with Crippen LogP contribution in [0.25, 0.3) is 23.0 Å². The Labute approximate surface area is 197 Å². The molecule has 4 rings (SSSR count). The van der Waals surface area contributed by atoms with Crippen LogP contribution in [0.5, 0.6) is 5.75 Å². The highest BCUT2D eigenvalue weighted by Gasteiger charge is 2.23. The smallest absolute Gasteiger partial charge is 0.263 e. The molecule has 0 aliphatic carbocycles. The van der Waals surface area contributed by atoms with Gasteiger partial charge in [0, 0.05) is 17.3 Å². The second-order valence-corrected chi connectivity index (χ2v) is 9.80. The van der Waals surface area contributed by atoms with Crippen molar-refractivity contribution in [1.82, 2.24) is 15.1 Å². The van der Waals surface area contributed by atoms with E-state index in [1.807, 2.05) is 66.3 Å². The van der Waals surface area contributed by atoms with Gasteiger partial charge >= 0.3 is 0 Å². The number of hydrogen-bond acceptors (Lipinski definition) is 5. The Balaban J connectivity index is 1.71. The van der Waals surface area contributed by atoms with Gasteiger partial charge in [0.2, 0.25) is 0 Å². The number of para-hydroxylation sites is 1. The van der Waals surface area contributed by atoms with Gasteiger partial charge < -0.3 is 10.1 Å². The third-order valence-corrected chi connectivity index (χ3v) is 6.26. The first kappa shape index (κ1) is 22.3. The summed E-state index contributed by atoms with van der Waals surface area (Å²) in [4.78, 5) is 12.8. The van der Waals surface area contributed by atoms with Gasteiger partial charge in [-0.15, -0.1) is 0 Å². The molecule has 1 aromatic heterocycles.